The first-order chi connectivity index (χ1) is 9.28. The van der Waals surface area contributed by atoms with E-state index in [1.807, 2.05) is 13.1 Å². The van der Waals surface area contributed by atoms with Crippen LogP contribution in [0.15, 0.2) is 18.2 Å². The van der Waals surface area contributed by atoms with Gasteiger partial charge in [-0.15, -0.1) is 5.10 Å². The Morgan fingerprint density at radius 2 is 2.21 bits per heavy atom. The lowest BCUT2D eigenvalue weighted by molar-refractivity contribution is 0.406. The van der Waals surface area contributed by atoms with Gasteiger partial charge in [-0.3, -0.25) is 0 Å². The Labute approximate surface area is 112 Å². The number of benzene rings is 1. The highest BCUT2D eigenvalue weighted by molar-refractivity contribution is 5.37. The van der Waals surface area contributed by atoms with Crippen molar-refractivity contribution in [2.75, 3.05) is 14.2 Å². The quantitative estimate of drug-likeness (QED) is 0.840. The Morgan fingerprint density at radius 1 is 1.37 bits per heavy atom. The molecule has 0 spiro atoms. The molecule has 0 aliphatic carbocycles. The largest absolute Gasteiger partial charge is 0.496 e. The molecule has 1 N–H and O–H groups in total. The summed E-state index contributed by atoms with van der Waals surface area (Å²) in [6, 6.07) is 6.22. The van der Waals surface area contributed by atoms with E-state index in [-0.39, 0.29) is 0 Å². The van der Waals surface area contributed by atoms with Crippen LogP contribution in [-0.4, -0.2) is 34.4 Å². The maximum atomic E-state index is 5.40. The third kappa shape index (κ3) is 3.08. The van der Waals surface area contributed by atoms with Crippen molar-refractivity contribution < 1.29 is 4.74 Å². The van der Waals surface area contributed by atoms with Gasteiger partial charge in [0, 0.05) is 5.56 Å². The molecule has 0 saturated heterocycles. The minimum Gasteiger partial charge on any atom is -0.496 e. The van der Waals surface area contributed by atoms with Gasteiger partial charge in [0.05, 0.1) is 20.2 Å². The fourth-order valence-corrected chi connectivity index (χ4v) is 1.97. The van der Waals surface area contributed by atoms with Crippen LogP contribution in [0, 0.1) is 0 Å². The van der Waals surface area contributed by atoms with Gasteiger partial charge in [-0.25, -0.2) is 4.68 Å². The van der Waals surface area contributed by atoms with Crippen LogP contribution in [0.5, 0.6) is 5.75 Å². The summed E-state index contributed by atoms with van der Waals surface area (Å²) in [7, 11) is 3.55. The highest BCUT2D eigenvalue weighted by Gasteiger charge is 2.09. The summed E-state index contributed by atoms with van der Waals surface area (Å²) in [6.45, 7) is 3.39. The van der Waals surface area contributed by atoms with Gasteiger partial charge in [0.1, 0.15) is 5.75 Å². The van der Waals surface area contributed by atoms with Crippen LogP contribution in [0.3, 0.4) is 0 Å². The second-order valence-electron chi connectivity index (χ2n) is 4.28. The maximum Gasteiger partial charge on any atom is 0.165 e. The van der Waals surface area contributed by atoms with Gasteiger partial charge in [-0.05, 0) is 35.5 Å². The van der Waals surface area contributed by atoms with Crippen molar-refractivity contribution in [3.8, 4) is 5.75 Å². The first kappa shape index (κ1) is 13.5. The molecule has 1 heterocycles. The van der Waals surface area contributed by atoms with Crippen LogP contribution >= 0.6 is 0 Å². The topological polar surface area (TPSA) is 64.9 Å². The lowest BCUT2D eigenvalue weighted by Crippen LogP contribution is -2.14. The number of hydrogen-bond acceptors (Lipinski definition) is 5. The summed E-state index contributed by atoms with van der Waals surface area (Å²) in [5, 5.41) is 14.8. The zero-order chi connectivity index (χ0) is 13.7. The summed E-state index contributed by atoms with van der Waals surface area (Å²) >= 11 is 0. The van der Waals surface area contributed by atoms with Crippen LogP contribution in [0.2, 0.25) is 0 Å². The predicted molar refractivity (Wildman–Crippen MR) is 72.1 cm³/mol. The molecule has 6 heteroatoms. The number of rotatable bonds is 6. The van der Waals surface area contributed by atoms with Crippen molar-refractivity contribution >= 4 is 0 Å². The Balaban J connectivity index is 2.28. The van der Waals surface area contributed by atoms with E-state index in [2.05, 4.69) is 39.9 Å². The Bertz CT molecular complexity index is 538. The molecule has 0 amide bonds. The van der Waals surface area contributed by atoms with Crippen molar-refractivity contribution in [2.45, 2.75) is 26.4 Å². The van der Waals surface area contributed by atoms with Gasteiger partial charge in [-0.2, -0.15) is 0 Å². The van der Waals surface area contributed by atoms with Crippen molar-refractivity contribution in [3.63, 3.8) is 0 Å². The molecule has 6 nitrogen and oxygen atoms in total. The number of methoxy groups -OCH3 is 1. The SMILES string of the molecule is CCc1ccc(OC)c(Cn2nnnc2CNC)c1. The second kappa shape index (κ2) is 6.29. The molecule has 102 valence electrons. The minimum absolute atomic E-state index is 0.612. The molecule has 2 aromatic rings. The Hall–Kier alpha value is -1.95. The molecule has 0 aliphatic rings. The van der Waals surface area contributed by atoms with Gasteiger partial charge in [0.2, 0.25) is 0 Å². The normalized spacial score (nSPS) is 10.7. The van der Waals surface area contributed by atoms with Gasteiger partial charge < -0.3 is 10.1 Å². The van der Waals surface area contributed by atoms with E-state index in [0.717, 1.165) is 23.6 Å². The van der Waals surface area contributed by atoms with E-state index in [9.17, 15) is 0 Å². The molecule has 0 fully saturated rings. The molecule has 1 aromatic carbocycles. The fourth-order valence-electron chi connectivity index (χ4n) is 1.97. The minimum atomic E-state index is 0.612. The summed E-state index contributed by atoms with van der Waals surface area (Å²) in [5.74, 6) is 1.68. The monoisotopic (exact) mass is 261 g/mol. The second-order valence-corrected chi connectivity index (χ2v) is 4.28. The van der Waals surface area contributed by atoms with Crippen molar-refractivity contribution in [1.82, 2.24) is 25.5 Å². The molecular weight excluding hydrogens is 242 g/mol. The molecular formula is C13H19N5O. The summed E-state index contributed by atoms with van der Waals surface area (Å²) in [6.07, 6.45) is 0.996. The van der Waals surface area contributed by atoms with Gasteiger partial charge >= 0.3 is 0 Å². The number of aromatic nitrogens is 4. The predicted octanol–water partition coefficient (Wildman–Crippen LogP) is 1.01. The first-order valence-corrected chi connectivity index (χ1v) is 6.34. The van der Waals surface area contributed by atoms with Gasteiger partial charge in [-0.1, -0.05) is 19.1 Å². The number of nitrogens with one attached hydrogen (secondary N) is 1. The van der Waals surface area contributed by atoms with Crippen molar-refractivity contribution in [1.29, 1.82) is 0 Å². The van der Waals surface area contributed by atoms with Crippen LogP contribution in [0.1, 0.15) is 23.9 Å². The highest BCUT2D eigenvalue weighted by atomic mass is 16.5. The summed E-state index contributed by atoms with van der Waals surface area (Å²) in [4.78, 5) is 0. The number of tetrazole rings is 1. The van der Waals surface area contributed by atoms with E-state index in [4.69, 9.17) is 4.74 Å². The Morgan fingerprint density at radius 3 is 2.89 bits per heavy atom. The number of aryl methyl sites for hydroxylation is 1. The molecule has 0 saturated carbocycles. The number of nitrogens with zero attached hydrogens (tertiary/aromatic N) is 4. The summed E-state index contributed by atoms with van der Waals surface area (Å²) in [5.41, 5.74) is 2.37. The van der Waals surface area contributed by atoms with E-state index >= 15 is 0 Å². The first-order valence-electron chi connectivity index (χ1n) is 6.34. The lowest BCUT2D eigenvalue weighted by atomic mass is 10.1. The third-order valence-electron chi connectivity index (χ3n) is 3.01. The van der Waals surface area contributed by atoms with E-state index in [0.29, 0.717) is 13.1 Å². The van der Waals surface area contributed by atoms with Crippen LogP contribution in [0.4, 0.5) is 0 Å². The standard InChI is InChI=1S/C13H19N5O/c1-4-10-5-6-12(19-3)11(7-10)9-18-13(8-14-2)15-16-17-18/h5-7,14H,4,8-9H2,1-3H3. The number of ether oxygens (including phenoxy) is 1. The van der Waals surface area contributed by atoms with Gasteiger partial charge in [0.15, 0.2) is 5.82 Å². The zero-order valence-electron chi connectivity index (χ0n) is 11.6. The molecule has 0 aliphatic heterocycles. The fraction of sp³-hybridized carbons (Fsp3) is 0.462. The molecule has 0 radical (unpaired) electrons. The average molecular weight is 261 g/mol. The van der Waals surface area contributed by atoms with Crippen LogP contribution in [-0.2, 0) is 19.5 Å². The lowest BCUT2D eigenvalue weighted by Gasteiger charge is -2.11. The number of hydrogen-bond donors (Lipinski definition) is 1. The Kier molecular flexibility index (Phi) is 4.46. The zero-order valence-corrected chi connectivity index (χ0v) is 11.6. The molecule has 0 unspecified atom stereocenters. The molecule has 1 aromatic heterocycles. The van der Waals surface area contributed by atoms with E-state index in [1.165, 1.54) is 5.56 Å². The molecule has 0 bridgehead atoms. The summed E-state index contributed by atoms with van der Waals surface area (Å²) < 4.78 is 7.18. The van der Waals surface area contributed by atoms with Gasteiger partial charge in [0.25, 0.3) is 0 Å². The smallest absolute Gasteiger partial charge is 0.165 e. The average Bonchev–Trinajstić information content (AvgIpc) is 2.86. The van der Waals surface area contributed by atoms with Crippen molar-refractivity contribution in [3.05, 3.63) is 35.2 Å². The maximum absolute atomic E-state index is 5.40. The third-order valence-corrected chi connectivity index (χ3v) is 3.01. The van der Waals surface area contributed by atoms with E-state index in [1.54, 1.807) is 11.8 Å². The van der Waals surface area contributed by atoms with E-state index < -0.39 is 0 Å². The highest BCUT2D eigenvalue weighted by Crippen LogP contribution is 2.21. The van der Waals surface area contributed by atoms with Crippen LogP contribution in [0.25, 0.3) is 0 Å². The molecule has 0 atom stereocenters. The van der Waals surface area contributed by atoms with Crippen molar-refractivity contribution in [2.24, 2.45) is 0 Å². The van der Waals surface area contributed by atoms with Crippen LogP contribution < -0.4 is 10.1 Å². The molecule has 19 heavy (non-hydrogen) atoms. The molecule has 2 rings (SSSR count).